The lowest BCUT2D eigenvalue weighted by Gasteiger charge is -2.06. The third-order valence-electron chi connectivity index (χ3n) is 4.10. The molecular weight excluding hydrogens is 296 g/mol. The number of hydrogen-bond donors (Lipinski definition) is 1. The van der Waals surface area contributed by atoms with Gasteiger partial charge in [-0.1, -0.05) is 77.1 Å². The summed E-state index contributed by atoms with van der Waals surface area (Å²) >= 11 is 0. The van der Waals surface area contributed by atoms with E-state index in [0.29, 0.717) is 12.5 Å². The van der Waals surface area contributed by atoms with E-state index in [4.69, 9.17) is 0 Å². The zero-order valence-corrected chi connectivity index (χ0v) is 15.3. The molecule has 0 aliphatic carbocycles. The molecule has 1 aromatic rings. The van der Waals surface area contributed by atoms with Gasteiger partial charge in [-0.2, -0.15) is 5.26 Å². The first-order valence-corrected chi connectivity index (χ1v) is 9.08. The smallest absolute Gasteiger partial charge is 0.261 e. The third-order valence-corrected chi connectivity index (χ3v) is 4.10. The van der Waals surface area contributed by atoms with Gasteiger partial charge in [0.1, 0.15) is 11.6 Å². The van der Waals surface area contributed by atoms with Gasteiger partial charge in [-0.15, -0.1) is 0 Å². The maximum absolute atomic E-state index is 12.1. The number of nitriles is 1. The molecule has 0 radical (unpaired) electrons. The van der Waals surface area contributed by atoms with E-state index in [1.54, 1.807) is 6.08 Å². The lowest BCUT2D eigenvalue weighted by atomic mass is 10.0. The molecule has 0 heterocycles. The van der Waals surface area contributed by atoms with Crippen LogP contribution in [0.1, 0.15) is 76.3 Å². The number of benzene rings is 1. The summed E-state index contributed by atoms with van der Waals surface area (Å²) in [6, 6.07) is 9.99. The fourth-order valence-corrected chi connectivity index (χ4v) is 2.49. The molecule has 0 aliphatic rings. The molecule has 1 aromatic carbocycles. The van der Waals surface area contributed by atoms with Crippen molar-refractivity contribution >= 4 is 12.0 Å². The Morgan fingerprint density at radius 1 is 1.12 bits per heavy atom. The molecule has 3 nitrogen and oxygen atoms in total. The minimum absolute atomic E-state index is 0.165. The normalized spacial score (nSPS) is 11.4. The Labute approximate surface area is 146 Å². The maximum Gasteiger partial charge on any atom is 0.261 e. The highest BCUT2D eigenvalue weighted by Crippen LogP contribution is 2.16. The lowest BCUT2D eigenvalue weighted by molar-refractivity contribution is -0.117. The quantitative estimate of drug-likeness (QED) is 0.365. The molecule has 0 saturated carbocycles. The first-order valence-electron chi connectivity index (χ1n) is 9.08. The molecule has 0 aliphatic heterocycles. The Hall–Kier alpha value is -2.08. The summed E-state index contributed by atoms with van der Waals surface area (Å²) in [5.41, 5.74) is 2.29. The molecule has 1 amide bonds. The van der Waals surface area contributed by atoms with Crippen LogP contribution in [0.15, 0.2) is 29.8 Å². The van der Waals surface area contributed by atoms with Crippen LogP contribution in [-0.2, 0) is 4.79 Å². The van der Waals surface area contributed by atoms with Crippen LogP contribution in [0.5, 0.6) is 0 Å². The van der Waals surface area contributed by atoms with Gasteiger partial charge in [0.15, 0.2) is 0 Å². The van der Waals surface area contributed by atoms with Crippen LogP contribution < -0.4 is 5.32 Å². The van der Waals surface area contributed by atoms with E-state index in [0.717, 1.165) is 18.4 Å². The second-order valence-corrected chi connectivity index (χ2v) is 6.51. The van der Waals surface area contributed by atoms with Crippen molar-refractivity contribution in [3.05, 3.63) is 41.0 Å². The van der Waals surface area contributed by atoms with Gasteiger partial charge in [0, 0.05) is 6.54 Å². The molecule has 0 aromatic heterocycles. The number of nitrogens with one attached hydrogen (secondary N) is 1. The molecular formula is C21H30N2O. The summed E-state index contributed by atoms with van der Waals surface area (Å²) in [7, 11) is 0. The number of unbranched alkanes of at least 4 members (excludes halogenated alkanes) is 5. The highest BCUT2D eigenvalue weighted by Gasteiger charge is 2.08. The van der Waals surface area contributed by atoms with Crippen molar-refractivity contribution < 1.29 is 4.79 Å². The standard InChI is InChI=1S/C21H30N2O/c1-4-5-6-7-8-9-14-23-21(24)20(16-22)15-18-10-12-19(13-11-18)17(2)3/h10-13,15,17H,4-9,14H2,1-3H3,(H,23,24). The van der Waals surface area contributed by atoms with Crippen LogP contribution in [0, 0.1) is 11.3 Å². The Kier molecular flexibility index (Phi) is 9.53. The van der Waals surface area contributed by atoms with Crippen molar-refractivity contribution in [3.8, 4) is 6.07 Å². The van der Waals surface area contributed by atoms with Crippen LogP contribution in [0.3, 0.4) is 0 Å². The Balaban J connectivity index is 2.47. The maximum atomic E-state index is 12.1. The monoisotopic (exact) mass is 326 g/mol. The van der Waals surface area contributed by atoms with Crippen LogP contribution in [0.25, 0.3) is 6.08 Å². The molecule has 0 atom stereocenters. The van der Waals surface area contributed by atoms with E-state index in [1.807, 2.05) is 30.3 Å². The van der Waals surface area contributed by atoms with Crippen molar-refractivity contribution in [2.45, 2.75) is 65.2 Å². The van der Waals surface area contributed by atoms with Gasteiger partial charge < -0.3 is 5.32 Å². The van der Waals surface area contributed by atoms with Crippen molar-refractivity contribution in [3.63, 3.8) is 0 Å². The second-order valence-electron chi connectivity index (χ2n) is 6.51. The molecule has 1 rings (SSSR count). The molecule has 0 saturated heterocycles. The summed E-state index contributed by atoms with van der Waals surface area (Å²) < 4.78 is 0. The lowest BCUT2D eigenvalue weighted by Crippen LogP contribution is -2.25. The van der Waals surface area contributed by atoms with Gasteiger partial charge in [0.05, 0.1) is 0 Å². The average molecular weight is 326 g/mol. The van der Waals surface area contributed by atoms with Crippen LogP contribution >= 0.6 is 0 Å². The Morgan fingerprint density at radius 2 is 1.75 bits per heavy atom. The number of carbonyl (C=O) groups is 1. The molecule has 1 N–H and O–H groups in total. The fourth-order valence-electron chi connectivity index (χ4n) is 2.49. The van der Waals surface area contributed by atoms with E-state index in [2.05, 4.69) is 26.1 Å². The third kappa shape index (κ3) is 7.46. The number of hydrogen-bond acceptors (Lipinski definition) is 2. The van der Waals surface area contributed by atoms with E-state index in [-0.39, 0.29) is 11.5 Å². The van der Waals surface area contributed by atoms with E-state index in [9.17, 15) is 10.1 Å². The van der Waals surface area contributed by atoms with E-state index >= 15 is 0 Å². The number of amides is 1. The number of rotatable bonds is 10. The minimum atomic E-state index is -0.279. The second kappa shape index (κ2) is 11.5. The Morgan fingerprint density at radius 3 is 2.33 bits per heavy atom. The molecule has 0 bridgehead atoms. The van der Waals surface area contributed by atoms with Crippen molar-refractivity contribution in [1.82, 2.24) is 5.32 Å². The molecule has 0 unspecified atom stereocenters. The van der Waals surface area contributed by atoms with Gasteiger partial charge in [0.25, 0.3) is 5.91 Å². The molecule has 130 valence electrons. The van der Waals surface area contributed by atoms with Gasteiger partial charge >= 0.3 is 0 Å². The predicted octanol–water partition coefficient (Wildman–Crippen LogP) is 5.19. The number of carbonyl (C=O) groups excluding carboxylic acids is 1. The van der Waals surface area contributed by atoms with Crippen LogP contribution in [0.4, 0.5) is 0 Å². The van der Waals surface area contributed by atoms with Crippen LogP contribution in [-0.4, -0.2) is 12.5 Å². The first kappa shape index (κ1) is 20.0. The largest absolute Gasteiger partial charge is 0.351 e. The zero-order valence-electron chi connectivity index (χ0n) is 15.3. The molecule has 0 spiro atoms. The molecule has 24 heavy (non-hydrogen) atoms. The van der Waals surface area contributed by atoms with E-state index < -0.39 is 0 Å². The summed E-state index contributed by atoms with van der Waals surface area (Å²) in [4.78, 5) is 12.1. The highest BCUT2D eigenvalue weighted by molar-refractivity contribution is 6.01. The average Bonchev–Trinajstić information content (AvgIpc) is 2.59. The highest BCUT2D eigenvalue weighted by atomic mass is 16.1. The minimum Gasteiger partial charge on any atom is -0.351 e. The summed E-state index contributed by atoms with van der Waals surface area (Å²) in [5, 5.41) is 12.1. The fraction of sp³-hybridized carbons (Fsp3) is 0.524. The van der Waals surface area contributed by atoms with Crippen molar-refractivity contribution in [2.24, 2.45) is 0 Å². The van der Waals surface area contributed by atoms with Crippen molar-refractivity contribution in [1.29, 1.82) is 5.26 Å². The first-order chi connectivity index (χ1) is 11.6. The van der Waals surface area contributed by atoms with Gasteiger partial charge in [-0.3, -0.25) is 4.79 Å². The van der Waals surface area contributed by atoms with Gasteiger partial charge in [-0.25, -0.2) is 0 Å². The SMILES string of the molecule is CCCCCCCCNC(=O)C(C#N)=Cc1ccc(C(C)C)cc1. The number of nitrogens with zero attached hydrogens (tertiary/aromatic N) is 1. The molecule has 0 fully saturated rings. The topological polar surface area (TPSA) is 52.9 Å². The van der Waals surface area contributed by atoms with Gasteiger partial charge in [0.2, 0.25) is 0 Å². The van der Waals surface area contributed by atoms with Gasteiger partial charge in [-0.05, 0) is 29.5 Å². The summed E-state index contributed by atoms with van der Waals surface area (Å²) in [6.45, 7) is 7.12. The predicted molar refractivity (Wildman–Crippen MR) is 101 cm³/mol. The van der Waals surface area contributed by atoms with Crippen LogP contribution in [0.2, 0.25) is 0 Å². The van der Waals surface area contributed by atoms with E-state index in [1.165, 1.54) is 31.2 Å². The zero-order chi connectivity index (χ0) is 17.8. The van der Waals surface area contributed by atoms with Crippen molar-refractivity contribution in [2.75, 3.05) is 6.54 Å². The Bertz CT molecular complexity index is 564. The summed E-state index contributed by atoms with van der Waals surface area (Å²) in [5.74, 6) is 0.193. The molecule has 3 heteroatoms. The summed E-state index contributed by atoms with van der Waals surface area (Å²) in [6.07, 6.45) is 8.75.